The summed E-state index contributed by atoms with van der Waals surface area (Å²) in [6, 6.07) is 13.2. The minimum absolute atomic E-state index is 0.365. The Morgan fingerprint density at radius 3 is 2.29 bits per heavy atom. The number of anilines is 1. The normalized spacial score (nSPS) is 10.2. The van der Waals surface area contributed by atoms with Crippen molar-refractivity contribution in [1.29, 1.82) is 0 Å². The van der Waals surface area contributed by atoms with E-state index in [1.54, 1.807) is 6.07 Å². The Hall–Kier alpha value is -1.56. The van der Waals surface area contributed by atoms with Gasteiger partial charge in [-0.3, -0.25) is 4.79 Å². The number of amides is 1. The second-order valence-electron chi connectivity index (χ2n) is 3.61. The molecule has 2 aromatic carbocycles. The van der Waals surface area contributed by atoms with Crippen molar-refractivity contribution >= 4 is 34.2 Å². The van der Waals surface area contributed by atoms with Gasteiger partial charge in [0.15, 0.2) is 0 Å². The molecule has 0 atom stereocenters. The SMILES string of the molecule is NC(=O)c1ccc(I)c(-c2ccccc2)c1N. The van der Waals surface area contributed by atoms with Gasteiger partial charge in [0.05, 0.1) is 11.3 Å². The van der Waals surface area contributed by atoms with E-state index in [4.69, 9.17) is 11.5 Å². The summed E-state index contributed by atoms with van der Waals surface area (Å²) in [5.74, 6) is -0.504. The van der Waals surface area contributed by atoms with E-state index >= 15 is 0 Å². The Bertz CT molecular complexity index is 567. The van der Waals surface area contributed by atoms with E-state index in [2.05, 4.69) is 22.6 Å². The number of hydrogen-bond donors (Lipinski definition) is 2. The van der Waals surface area contributed by atoms with Gasteiger partial charge in [-0.05, 0) is 40.3 Å². The minimum atomic E-state index is -0.504. The van der Waals surface area contributed by atoms with Crippen molar-refractivity contribution in [3.63, 3.8) is 0 Å². The number of nitrogen functional groups attached to an aromatic ring is 1. The molecule has 2 aromatic rings. The Morgan fingerprint density at radius 2 is 1.71 bits per heavy atom. The number of halogens is 1. The summed E-state index contributed by atoms with van der Waals surface area (Å²) < 4.78 is 0.997. The first-order valence-corrected chi connectivity index (χ1v) is 6.12. The molecule has 0 radical (unpaired) electrons. The van der Waals surface area contributed by atoms with Gasteiger partial charge in [0.2, 0.25) is 0 Å². The molecule has 0 aliphatic carbocycles. The summed E-state index contributed by atoms with van der Waals surface area (Å²) in [6.45, 7) is 0. The predicted octanol–water partition coefficient (Wildman–Crippen LogP) is 2.64. The zero-order chi connectivity index (χ0) is 12.4. The van der Waals surface area contributed by atoms with Crippen LogP contribution in [0.2, 0.25) is 0 Å². The molecule has 0 aliphatic heterocycles. The van der Waals surface area contributed by atoms with E-state index in [0.717, 1.165) is 14.7 Å². The number of benzene rings is 2. The number of hydrogen-bond acceptors (Lipinski definition) is 2. The second kappa shape index (κ2) is 4.75. The fraction of sp³-hybridized carbons (Fsp3) is 0. The van der Waals surface area contributed by atoms with Crippen LogP contribution < -0.4 is 11.5 Å². The molecule has 0 unspecified atom stereocenters. The number of carbonyl (C=O) groups is 1. The molecule has 0 spiro atoms. The molecule has 2 rings (SSSR count). The standard InChI is InChI=1S/C13H11IN2O/c14-10-7-6-9(13(16)17)12(15)11(10)8-4-2-1-3-5-8/h1-7H,15H2,(H2,16,17). The van der Waals surface area contributed by atoms with Crippen molar-refractivity contribution in [2.45, 2.75) is 0 Å². The molecule has 0 saturated heterocycles. The number of nitrogens with two attached hydrogens (primary N) is 2. The highest BCUT2D eigenvalue weighted by molar-refractivity contribution is 14.1. The molecule has 0 bridgehead atoms. The molecule has 3 nitrogen and oxygen atoms in total. The number of carbonyl (C=O) groups excluding carboxylic acids is 1. The lowest BCUT2D eigenvalue weighted by molar-refractivity contribution is 0.100. The Kier molecular flexibility index (Phi) is 3.33. The average molecular weight is 338 g/mol. The highest BCUT2D eigenvalue weighted by atomic mass is 127. The first-order valence-electron chi connectivity index (χ1n) is 5.04. The lowest BCUT2D eigenvalue weighted by Crippen LogP contribution is -2.14. The Morgan fingerprint density at radius 1 is 1.06 bits per heavy atom. The average Bonchev–Trinajstić information content (AvgIpc) is 2.30. The molecule has 0 aromatic heterocycles. The van der Waals surface area contributed by atoms with Crippen molar-refractivity contribution in [2.75, 3.05) is 5.73 Å². The second-order valence-corrected chi connectivity index (χ2v) is 4.78. The molecule has 0 fully saturated rings. The molecular weight excluding hydrogens is 327 g/mol. The largest absolute Gasteiger partial charge is 0.398 e. The van der Waals surface area contributed by atoms with Crippen molar-refractivity contribution in [1.82, 2.24) is 0 Å². The molecule has 1 amide bonds. The van der Waals surface area contributed by atoms with Gasteiger partial charge in [-0.1, -0.05) is 30.3 Å². The van der Waals surface area contributed by atoms with Crippen molar-refractivity contribution in [2.24, 2.45) is 5.73 Å². The molecule has 4 N–H and O–H groups in total. The first kappa shape index (κ1) is 11.9. The van der Waals surface area contributed by atoms with E-state index in [9.17, 15) is 4.79 Å². The summed E-state index contributed by atoms with van der Waals surface area (Å²) >= 11 is 2.20. The summed E-state index contributed by atoms with van der Waals surface area (Å²) in [5, 5.41) is 0. The van der Waals surface area contributed by atoms with Gasteiger partial charge in [-0.15, -0.1) is 0 Å². The third-order valence-corrected chi connectivity index (χ3v) is 3.42. The van der Waals surface area contributed by atoms with Crippen LogP contribution in [0.15, 0.2) is 42.5 Å². The van der Waals surface area contributed by atoms with Gasteiger partial charge in [-0.2, -0.15) is 0 Å². The summed E-state index contributed by atoms with van der Waals surface area (Å²) in [6.07, 6.45) is 0. The van der Waals surface area contributed by atoms with E-state index in [1.807, 2.05) is 36.4 Å². The van der Waals surface area contributed by atoms with Gasteiger partial charge in [-0.25, -0.2) is 0 Å². The lowest BCUT2D eigenvalue weighted by Gasteiger charge is -2.11. The monoisotopic (exact) mass is 338 g/mol. The maximum absolute atomic E-state index is 11.3. The molecule has 0 saturated carbocycles. The van der Waals surface area contributed by atoms with Gasteiger partial charge >= 0.3 is 0 Å². The van der Waals surface area contributed by atoms with Crippen LogP contribution in [0, 0.1) is 3.57 Å². The van der Waals surface area contributed by atoms with Gasteiger partial charge in [0.1, 0.15) is 0 Å². The maximum atomic E-state index is 11.3. The van der Waals surface area contributed by atoms with E-state index in [-0.39, 0.29) is 0 Å². The number of primary amides is 1. The van der Waals surface area contributed by atoms with Crippen LogP contribution >= 0.6 is 22.6 Å². The Balaban J connectivity index is 2.69. The number of rotatable bonds is 2. The highest BCUT2D eigenvalue weighted by Gasteiger charge is 2.13. The fourth-order valence-corrected chi connectivity index (χ4v) is 2.49. The topological polar surface area (TPSA) is 69.1 Å². The first-order chi connectivity index (χ1) is 8.11. The van der Waals surface area contributed by atoms with Crippen molar-refractivity contribution in [3.05, 3.63) is 51.6 Å². The van der Waals surface area contributed by atoms with Crippen LogP contribution in [0.3, 0.4) is 0 Å². The van der Waals surface area contributed by atoms with Gasteiger partial charge in [0, 0.05) is 9.13 Å². The summed E-state index contributed by atoms with van der Waals surface area (Å²) in [5.41, 5.74) is 14.0. The molecule has 4 heteroatoms. The van der Waals surface area contributed by atoms with Crippen LogP contribution in [-0.2, 0) is 0 Å². The van der Waals surface area contributed by atoms with Crippen molar-refractivity contribution < 1.29 is 4.79 Å². The van der Waals surface area contributed by atoms with Crippen LogP contribution in [0.5, 0.6) is 0 Å². The highest BCUT2D eigenvalue weighted by Crippen LogP contribution is 2.33. The third-order valence-electron chi connectivity index (χ3n) is 2.52. The van der Waals surface area contributed by atoms with Crippen LogP contribution in [-0.4, -0.2) is 5.91 Å². The zero-order valence-corrected chi connectivity index (χ0v) is 11.1. The summed E-state index contributed by atoms with van der Waals surface area (Å²) in [7, 11) is 0. The Labute approximate surface area is 113 Å². The van der Waals surface area contributed by atoms with E-state index in [1.165, 1.54) is 0 Å². The maximum Gasteiger partial charge on any atom is 0.250 e. The molecule has 0 aliphatic rings. The molecule has 0 heterocycles. The summed E-state index contributed by atoms with van der Waals surface area (Å²) in [4.78, 5) is 11.3. The van der Waals surface area contributed by atoms with Crippen LogP contribution in [0.4, 0.5) is 5.69 Å². The van der Waals surface area contributed by atoms with E-state index in [0.29, 0.717) is 11.3 Å². The van der Waals surface area contributed by atoms with Gasteiger partial charge < -0.3 is 11.5 Å². The van der Waals surface area contributed by atoms with Crippen LogP contribution in [0.25, 0.3) is 11.1 Å². The van der Waals surface area contributed by atoms with Gasteiger partial charge in [0.25, 0.3) is 5.91 Å². The molecular formula is C13H11IN2O. The third kappa shape index (κ3) is 2.26. The fourth-order valence-electron chi connectivity index (χ4n) is 1.71. The van der Waals surface area contributed by atoms with Crippen LogP contribution in [0.1, 0.15) is 10.4 Å². The predicted molar refractivity (Wildman–Crippen MR) is 77.5 cm³/mol. The van der Waals surface area contributed by atoms with Crippen molar-refractivity contribution in [3.8, 4) is 11.1 Å². The van der Waals surface area contributed by atoms with E-state index < -0.39 is 5.91 Å². The lowest BCUT2D eigenvalue weighted by atomic mass is 10.00. The molecule has 17 heavy (non-hydrogen) atoms. The smallest absolute Gasteiger partial charge is 0.250 e. The molecule has 86 valence electrons. The minimum Gasteiger partial charge on any atom is -0.398 e. The zero-order valence-electron chi connectivity index (χ0n) is 8.98. The quantitative estimate of drug-likeness (QED) is 0.653.